The summed E-state index contributed by atoms with van der Waals surface area (Å²) in [5.41, 5.74) is 0.676. The average Bonchev–Trinajstić information content (AvgIpc) is 2.95. The van der Waals surface area contributed by atoms with Gasteiger partial charge >= 0.3 is 0 Å². The van der Waals surface area contributed by atoms with Crippen molar-refractivity contribution in [1.29, 1.82) is 0 Å². The van der Waals surface area contributed by atoms with Gasteiger partial charge in [0.2, 0.25) is 5.91 Å². The number of aromatic nitrogens is 2. The molecule has 7 heteroatoms. The minimum Gasteiger partial charge on any atom is -0.349 e. The van der Waals surface area contributed by atoms with E-state index in [4.69, 9.17) is 0 Å². The lowest BCUT2D eigenvalue weighted by molar-refractivity contribution is -0.125. The number of nitrogens with zero attached hydrogens (tertiary/aromatic N) is 3. The quantitative estimate of drug-likeness (QED) is 0.814. The minimum atomic E-state index is -0.196. The number of rotatable bonds is 5. The second kappa shape index (κ2) is 7.66. The number of hydrogen-bond donors (Lipinski definition) is 2. The Bertz CT molecular complexity index is 651. The van der Waals surface area contributed by atoms with Gasteiger partial charge in [0.1, 0.15) is 0 Å². The second-order valence-electron chi connectivity index (χ2n) is 7.61. The maximum atomic E-state index is 12.8. The Morgan fingerprint density at radius 3 is 2.88 bits per heavy atom. The summed E-state index contributed by atoms with van der Waals surface area (Å²) >= 11 is 0. The number of aromatic amines is 1. The van der Waals surface area contributed by atoms with Gasteiger partial charge in [0.25, 0.3) is 5.56 Å². The Hall–Kier alpha value is -1.73. The molecule has 2 aliphatic heterocycles. The van der Waals surface area contributed by atoms with E-state index < -0.39 is 0 Å². The number of H-pyrrole nitrogens is 1. The maximum absolute atomic E-state index is 12.8. The third-order valence-corrected chi connectivity index (χ3v) is 5.65. The first-order valence-electron chi connectivity index (χ1n) is 9.25. The summed E-state index contributed by atoms with van der Waals surface area (Å²) in [5, 5.41) is 2.98. The molecule has 1 unspecified atom stereocenters. The molecule has 2 fully saturated rings. The van der Waals surface area contributed by atoms with E-state index in [2.05, 4.69) is 39.1 Å². The first-order valence-corrected chi connectivity index (χ1v) is 9.25. The van der Waals surface area contributed by atoms with Crippen LogP contribution in [0.25, 0.3) is 0 Å². The van der Waals surface area contributed by atoms with Crippen LogP contribution in [0.15, 0.2) is 17.2 Å². The van der Waals surface area contributed by atoms with E-state index in [1.165, 1.54) is 25.2 Å². The third-order valence-electron chi connectivity index (χ3n) is 5.65. The highest BCUT2D eigenvalue weighted by molar-refractivity contribution is 5.82. The van der Waals surface area contributed by atoms with Crippen molar-refractivity contribution >= 4 is 5.91 Å². The molecule has 1 aromatic heterocycles. The first-order chi connectivity index (χ1) is 12.0. The molecule has 0 saturated carbocycles. The van der Waals surface area contributed by atoms with E-state index >= 15 is 0 Å². The lowest BCUT2D eigenvalue weighted by Crippen LogP contribution is -2.43. The highest BCUT2D eigenvalue weighted by Gasteiger charge is 2.47. The summed E-state index contributed by atoms with van der Waals surface area (Å²) in [6.07, 6.45) is 5.70. The minimum absolute atomic E-state index is 0.0614. The van der Waals surface area contributed by atoms with Crippen molar-refractivity contribution in [3.05, 3.63) is 28.4 Å². The van der Waals surface area contributed by atoms with Crippen LogP contribution in [-0.4, -0.2) is 64.9 Å². The fourth-order valence-electron chi connectivity index (χ4n) is 4.18. The van der Waals surface area contributed by atoms with Crippen LogP contribution >= 0.6 is 0 Å². The third kappa shape index (κ3) is 4.27. The van der Waals surface area contributed by atoms with Crippen molar-refractivity contribution in [2.75, 3.05) is 33.2 Å². The Kier molecular flexibility index (Phi) is 5.54. The Morgan fingerprint density at radius 1 is 1.44 bits per heavy atom. The predicted octanol–water partition coefficient (Wildman–Crippen LogP) is 0.582. The van der Waals surface area contributed by atoms with Gasteiger partial charge in [-0.05, 0) is 57.8 Å². The summed E-state index contributed by atoms with van der Waals surface area (Å²) in [7, 11) is 2.17. The van der Waals surface area contributed by atoms with Gasteiger partial charge in [-0.2, -0.15) is 0 Å². The van der Waals surface area contributed by atoms with Crippen molar-refractivity contribution in [3.63, 3.8) is 0 Å². The zero-order valence-corrected chi connectivity index (χ0v) is 15.3. The Balaban J connectivity index is 1.64. The lowest BCUT2D eigenvalue weighted by atomic mass is 9.76. The van der Waals surface area contributed by atoms with Gasteiger partial charge in [0.15, 0.2) is 0 Å². The zero-order chi connectivity index (χ0) is 17.9. The highest BCUT2D eigenvalue weighted by Crippen LogP contribution is 2.43. The molecule has 1 spiro atoms. The molecular weight excluding hydrogens is 318 g/mol. The molecule has 3 rings (SSSR count). The SMILES string of the molecule is CCCN1CC2(CCN(C)CC2)CC1C(=O)NCc1cc(=O)[nH]cn1. The van der Waals surface area contributed by atoms with Gasteiger partial charge in [-0.15, -0.1) is 0 Å². The van der Waals surface area contributed by atoms with Gasteiger partial charge in [-0.25, -0.2) is 4.98 Å². The smallest absolute Gasteiger partial charge is 0.250 e. The molecular formula is C18H29N5O2. The fraction of sp³-hybridized carbons (Fsp3) is 0.722. The summed E-state index contributed by atoms with van der Waals surface area (Å²) in [4.78, 5) is 35.5. The summed E-state index contributed by atoms with van der Waals surface area (Å²) in [5.74, 6) is 0.0614. The molecule has 0 aliphatic carbocycles. The molecule has 2 saturated heterocycles. The fourth-order valence-corrected chi connectivity index (χ4v) is 4.18. The molecule has 2 N–H and O–H groups in total. The highest BCUT2D eigenvalue weighted by atomic mass is 16.2. The number of amides is 1. The second-order valence-corrected chi connectivity index (χ2v) is 7.61. The van der Waals surface area contributed by atoms with E-state index in [-0.39, 0.29) is 22.9 Å². The molecule has 1 atom stereocenters. The first kappa shape index (κ1) is 18.1. The lowest BCUT2D eigenvalue weighted by Gasteiger charge is -2.37. The van der Waals surface area contributed by atoms with Crippen molar-refractivity contribution < 1.29 is 4.79 Å². The van der Waals surface area contributed by atoms with Crippen molar-refractivity contribution in [2.45, 2.75) is 45.2 Å². The van der Waals surface area contributed by atoms with Crippen molar-refractivity contribution in [1.82, 2.24) is 25.1 Å². The maximum Gasteiger partial charge on any atom is 0.250 e. The van der Waals surface area contributed by atoms with Crippen molar-refractivity contribution in [2.24, 2.45) is 5.41 Å². The normalized spacial score (nSPS) is 23.8. The summed E-state index contributed by atoms with van der Waals surface area (Å²) in [6.45, 7) is 6.68. The largest absolute Gasteiger partial charge is 0.349 e. The van der Waals surface area contributed by atoms with Crippen LogP contribution in [0, 0.1) is 5.41 Å². The summed E-state index contributed by atoms with van der Waals surface area (Å²) < 4.78 is 0. The van der Waals surface area contributed by atoms with E-state index in [1.807, 2.05) is 0 Å². The number of nitrogens with one attached hydrogen (secondary N) is 2. The molecule has 0 aromatic carbocycles. The van der Waals surface area contributed by atoms with E-state index in [1.54, 1.807) is 0 Å². The van der Waals surface area contributed by atoms with E-state index in [0.29, 0.717) is 12.2 Å². The molecule has 25 heavy (non-hydrogen) atoms. The molecule has 7 nitrogen and oxygen atoms in total. The van der Waals surface area contributed by atoms with Crippen LogP contribution in [0.4, 0.5) is 0 Å². The van der Waals surface area contributed by atoms with Gasteiger partial charge in [-0.1, -0.05) is 6.92 Å². The summed E-state index contributed by atoms with van der Waals surface area (Å²) in [6, 6.07) is 1.36. The number of likely N-dealkylation sites (tertiary alicyclic amines) is 2. The molecule has 1 amide bonds. The van der Waals surface area contributed by atoms with Crippen LogP contribution in [0.2, 0.25) is 0 Å². The van der Waals surface area contributed by atoms with Gasteiger partial charge < -0.3 is 15.2 Å². The number of hydrogen-bond acceptors (Lipinski definition) is 5. The molecule has 138 valence electrons. The van der Waals surface area contributed by atoms with Crippen LogP contribution < -0.4 is 10.9 Å². The molecule has 3 heterocycles. The predicted molar refractivity (Wildman–Crippen MR) is 96.1 cm³/mol. The molecule has 0 radical (unpaired) electrons. The van der Waals surface area contributed by atoms with E-state index in [9.17, 15) is 9.59 Å². The number of carbonyl (C=O) groups is 1. The topological polar surface area (TPSA) is 81.3 Å². The molecule has 1 aromatic rings. The van der Waals surface area contributed by atoms with Gasteiger partial charge in [0.05, 0.1) is 24.6 Å². The molecule has 2 aliphatic rings. The number of piperidine rings is 1. The monoisotopic (exact) mass is 347 g/mol. The Morgan fingerprint density at radius 2 is 2.20 bits per heavy atom. The molecule has 0 bridgehead atoms. The Labute approximate surface area is 148 Å². The zero-order valence-electron chi connectivity index (χ0n) is 15.3. The van der Waals surface area contributed by atoms with Crippen LogP contribution in [0.3, 0.4) is 0 Å². The van der Waals surface area contributed by atoms with Crippen molar-refractivity contribution in [3.8, 4) is 0 Å². The standard InChI is InChI=1S/C18H29N5O2/c1-3-6-23-12-18(4-7-22(2)8-5-18)10-15(23)17(25)19-11-14-9-16(24)21-13-20-14/h9,13,15H,3-8,10-12H2,1-2H3,(H,19,25)(H,20,21,24). The van der Waals surface area contributed by atoms with Crippen LogP contribution in [0.5, 0.6) is 0 Å². The van der Waals surface area contributed by atoms with Crippen LogP contribution in [0.1, 0.15) is 38.3 Å². The van der Waals surface area contributed by atoms with E-state index in [0.717, 1.165) is 39.0 Å². The van der Waals surface area contributed by atoms with Crippen LogP contribution in [-0.2, 0) is 11.3 Å². The van der Waals surface area contributed by atoms with Gasteiger partial charge in [0, 0.05) is 12.6 Å². The number of carbonyl (C=O) groups excluding carboxylic acids is 1. The average molecular weight is 347 g/mol. The van der Waals surface area contributed by atoms with Gasteiger partial charge in [-0.3, -0.25) is 14.5 Å².